The van der Waals surface area contributed by atoms with Crippen molar-refractivity contribution in [3.05, 3.63) is 83.4 Å². The van der Waals surface area contributed by atoms with Gasteiger partial charge in [-0.2, -0.15) is 0 Å². The fourth-order valence-corrected chi connectivity index (χ4v) is 2.42. The van der Waals surface area contributed by atoms with Crippen LogP contribution in [0.3, 0.4) is 0 Å². The largest absolute Gasteiger partial charge is 0.389 e. The van der Waals surface area contributed by atoms with E-state index in [-0.39, 0.29) is 0 Å². The zero-order valence-corrected chi connectivity index (χ0v) is 13.0. The summed E-state index contributed by atoms with van der Waals surface area (Å²) >= 11 is 0. The van der Waals surface area contributed by atoms with E-state index in [1.165, 1.54) is 5.56 Å². The Hall–Kier alpha value is -1.90. The molecule has 0 radical (unpaired) electrons. The Bertz CT molecular complexity index is 575. The summed E-state index contributed by atoms with van der Waals surface area (Å²) in [5.41, 5.74) is 3.06. The van der Waals surface area contributed by atoms with Crippen molar-refractivity contribution in [2.45, 2.75) is 38.4 Å². The average Bonchev–Trinajstić information content (AvgIpc) is 2.58. The van der Waals surface area contributed by atoms with E-state index in [4.69, 9.17) is 0 Å². The first kappa shape index (κ1) is 16.5. The molecule has 22 heavy (non-hydrogen) atoms. The molecule has 0 saturated heterocycles. The number of aliphatic hydroxyl groups excluding tert-OH is 2. The second kappa shape index (κ2) is 8.52. The number of rotatable bonds is 7. The van der Waals surface area contributed by atoms with E-state index in [2.05, 4.69) is 12.1 Å². The van der Waals surface area contributed by atoms with Crippen LogP contribution in [0.5, 0.6) is 0 Å². The average molecular weight is 296 g/mol. The maximum Gasteiger partial charge on any atom is 0.0824 e. The topological polar surface area (TPSA) is 40.5 Å². The van der Waals surface area contributed by atoms with Gasteiger partial charge >= 0.3 is 0 Å². The molecule has 2 rings (SSSR count). The Labute approximate surface area is 132 Å². The van der Waals surface area contributed by atoms with Crippen LogP contribution in [0.25, 0.3) is 0 Å². The third-order valence-corrected chi connectivity index (χ3v) is 3.92. The van der Waals surface area contributed by atoms with Crippen LogP contribution in [0, 0.1) is 0 Å². The highest BCUT2D eigenvalue weighted by Gasteiger charge is 2.09. The summed E-state index contributed by atoms with van der Waals surface area (Å²) in [6.45, 7) is 1.92. The lowest BCUT2D eigenvalue weighted by Crippen LogP contribution is -2.10. The van der Waals surface area contributed by atoms with Gasteiger partial charge in [-0.3, -0.25) is 0 Å². The molecular formula is C20H24O2. The van der Waals surface area contributed by atoms with Crippen molar-refractivity contribution in [1.82, 2.24) is 0 Å². The molecule has 0 aliphatic heterocycles. The highest BCUT2D eigenvalue weighted by Crippen LogP contribution is 2.19. The molecule has 0 heterocycles. The third kappa shape index (κ3) is 5.14. The highest BCUT2D eigenvalue weighted by atomic mass is 16.3. The van der Waals surface area contributed by atoms with E-state index < -0.39 is 12.2 Å². The summed E-state index contributed by atoms with van der Waals surface area (Å²) in [6.07, 6.45) is 3.05. The quantitative estimate of drug-likeness (QED) is 0.757. The molecule has 2 nitrogen and oxygen atoms in total. The van der Waals surface area contributed by atoms with Gasteiger partial charge in [0.25, 0.3) is 0 Å². The minimum atomic E-state index is -0.516. The van der Waals surface area contributed by atoms with Crippen LogP contribution >= 0.6 is 0 Å². The molecule has 0 amide bonds. The number of benzene rings is 2. The highest BCUT2D eigenvalue weighted by molar-refractivity contribution is 5.19. The third-order valence-electron chi connectivity index (χ3n) is 3.92. The number of hydrogen-bond donors (Lipinski definition) is 2. The van der Waals surface area contributed by atoms with Crippen molar-refractivity contribution in [3.63, 3.8) is 0 Å². The predicted octanol–water partition coefficient (Wildman–Crippen LogP) is 4.05. The van der Waals surface area contributed by atoms with Crippen LogP contribution in [0.1, 0.15) is 37.0 Å². The van der Waals surface area contributed by atoms with E-state index in [9.17, 15) is 10.2 Å². The van der Waals surface area contributed by atoms with Crippen molar-refractivity contribution < 1.29 is 10.2 Å². The molecule has 0 saturated carbocycles. The van der Waals surface area contributed by atoms with E-state index in [0.717, 1.165) is 17.6 Å². The molecule has 0 fully saturated rings. The van der Waals surface area contributed by atoms with Gasteiger partial charge in [-0.1, -0.05) is 66.7 Å². The first-order valence-electron chi connectivity index (χ1n) is 7.78. The molecule has 0 aliphatic carbocycles. The molecule has 0 spiro atoms. The Balaban J connectivity index is 1.83. The number of aliphatic hydroxyl groups is 2. The Morgan fingerprint density at radius 2 is 1.55 bits per heavy atom. The molecule has 0 aromatic heterocycles. The van der Waals surface area contributed by atoms with E-state index >= 15 is 0 Å². The summed E-state index contributed by atoms with van der Waals surface area (Å²) in [4.78, 5) is 0. The smallest absolute Gasteiger partial charge is 0.0824 e. The molecule has 116 valence electrons. The lowest BCUT2D eigenvalue weighted by atomic mass is 10.00. The van der Waals surface area contributed by atoms with Crippen LogP contribution in [0.2, 0.25) is 0 Å². The Morgan fingerprint density at radius 3 is 2.18 bits per heavy atom. The number of hydrogen-bond acceptors (Lipinski definition) is 2. The van der Waals surface area contributed by atoms with Crippen molar-refractivity contribution in [2.24, 2.45) is 0 Å². The predicted molar refractivity (Wildman–Crippen MR) is 90.5 cm³/mol. The molecule has 2 atom stereocenters. The van der Waals surface area contributed by atoms with Gasteiger partial charge in [0, 0.05) is 0 Å². The van der Waals surface area contributed by atoms with Gasteiger partial charge in [-0.25, -0.2) is 0 Å². The fraction of sp³-hybridized carbons (Fsp3) is 0.300. The molecule has 2 heteroatoms. The molecule has 0 unspecified atom stereocenters. The summed E-state index contributed by atoms with van der Waals surface area (Å²) in [6, 6.07) is 19.8. The van der Waals surface area contributed by atoms with Crippen LogP contribution in [-0.2, 0) is 6.42 Å². The minimum absolute atomic E-state index is 0.455. The zero-order chi connectivity index (χ0) is 15.8. The van der Waals surface area contributed by atoms with E-state index in [1.807, 2.05) is 61.5 Å². The van der Waals surface area contributed by atoms with E-state index in [1.54, 1.807) is 0 Å². The van der Waals surface area contributed by atoms with Gasteiger partial charge in [0.2, 0.25) is 0 Å². The number of aryl methyl sites for hydroxylation is 1. The van der Waals surface area contributed by atoms with E-state index in [0.29, 0.717) is 12.8 Å². The van der Waals surface area contributed by atoms with Crippen molar-refractivity contribution >= 4 is 0 Å². The first-order chi connectivity index (χ1) is 10.7. The summed E-state index contributed by atoms with van der Waals surface area (Å²) < 4.78 is 0. The molecule has 0 aliphatic rings. The monoisotopic (exact) mass is 296 g/mol. The van der Waals surface area contributed by atoms with Crippen LogP contribution in [-0.4, -0.2) is 16.3 Å². The summed E-state index contributed by atoms with van der Waals surface area (Å²) in [5, 5.41) is 20.3. The van der Waals surface area contributed by atoms with Crippen molar-refractivity contribution in [2.75, 3.05) is 0 Å². The summed E-state index contributed by atoms with van der Waals surface area (Å²) in [5.74, 6) is 0. The molecule has 2 aromatic rings. The maximum atomic E-state index is 10.2. The molecule has 2 aromatic carbocycles. The second-order valence-corrected chi connectivity index (χ2v) is 5.65. The van der Waals surface area contributed by atoms with Crippen molar-refractivity contribution in [1.29, 1.82) is 0 Å². The molecular weight excluding hydrogens is 272 g/mol. The van der Waals surface area contributed by atoms with Gasteiger partial charge in [0.15, 0.2) is 0 Å². The van der Waals surface area contributed by atoms with Gasteiger partial charge in [0.1, 0.15) is 0 Å². The normalized spacial score (nSPS) is 14.6. The van der Waals surface area contributed by atoms with Gasteiger partial charge in [0.05, 0.1) is 12.2 Å². The van der Waals surface area contributed by atoms with Crippen LogP contribution in [0.4, 0.5) is 0 Å². The first-order valence-corrected chi connectivity index (χ1v) is 7.78. The fourth-order valence-electron chi connectivity index (χ4n) is 2.42. The maximum absolute atomic E-state index is 10.2. The minimum Gasteiger partial charge on any atom is -0.389 e. The van der Waals surface area contributed by atoms with Crippen molar-refractivity contribution in [3.8, 4) is 0 Å². The van der Waals surface area contributed by atoms with Crippen LogP contribution in [0.15, 0.2) is 72.3 Å². The zero-order valence-electron chi connectivity index (χ0n) is 13.0. The lowest BCUT2D eigenvalue weighted by molar-refractivity contribution is 0.177. The standard InChI is InChI=1S/C20H24O2/c1-16(12-14-20(22)18-10-6-3-7-11-18)19(21)15-13-17-8-4-2-5-9-17/h2-12,19-22H,13-15H2,1H3/b16-12+/t19-,20+/m1/s1. The molecule has 0 bridgehead atoms. The Morgan fingerprint density at radius 1 is 0.955 bits per heavy atom. The van der Waals surface area contributed by atoms with Gasteiger partial charge < -0.3 is 10.2 Å². The van der Waals surface area contributed by atoms with Gasteiger partial charge in [-0.15, -0.1) is 0 Å². The Kier molecular flexibility index (Phi) is 6.38. The lowest BCUT2D eigenvalue weighted by Gasteiger charge is -2.13. The van der Waals surface area contributed by atoms with Crippen LogP contribution < -0.4 is 0 Å². The SMILES string of the molecule is C/C(=C\C[C@H](O)c1ccccc1)[C@H](O)CCc1ccccc1. The summed E-state index contributed by atoms with van der Waals surface area (Å²) in [7, 11) is 0. The molecule has 2 N–H and O–H groups in total. The van der Waals surface area contributed by atoms with Gasteiger partial charge in [-0.05, 0) is 42.9 Å². The second-order valence-electron chi connectivity index (χ2n) is 5.65.